The highest BCUT2D eigenvalue weighted by Crippen LogP contribution is 2.39. The molecule has 14 heteroatoms. The summed E-state index contributed by atoms with van der Waals surface area (Å²) in [5.41, 5.74) is 10.7. The molecular weight excluding hydrogens is 624 g/mol. The number of hydrogen-bond donors (Lipinski definition) is 4. The second kappa shape index (κ2) is 13.7. The number of nitrogen functional groups attached to an aromatic ring is 1. The van der Waals surface area contributed by atoms with Crippen LogP contribution >= 0.6 is 0 Å². The van der Waals surface area contributed by atoms with E-state index in [1.165, 1.54) is 6.33 Å². The van der Waals surface area contributed by atoms with Gasteiger partial charge in [0.25, 0.3) is 5.91 Å². The minimum absolute atomic E-state index is 0.173. The highest BCUT2D eigenvalue weighted by atomic mass is 16.5. The normalized spacial score (nSPS) is 18.9. The Morgan fingerprint density at radius 1 is 1.00 bits per heavy atom. The number of carboxylic acid groups (broad SMARTS) is 1. The van der Waals surface area contributed by atoms with Gasteiger partial charge in [0.1, 0.15) is 29.3 Å². The average Bonchev–Trinajstić information content (AvgIpc) is 3.68. The molecule has 2 fully saturated rings. The number of methoxy groups -OCH3 is 1. The molecule has 2 aliphatic rings. The fourth-order valence-corrected chi connectivity index (χ4v) is 7.43. The Morgan fingerprint density at radius 2 is 1.76 bits per heavy atom. The summed E-state index contributed by atoms with van der Waals surface area (Å²) >= 11 is 0. The van der Waals surface area contributed by atoms with Crippen LogP contribution in [0.5, 0.6) is 5.75 Å². The van der Waals surface area contributed by atoms with Crippen LogP contribution in [0.2, 0.25) is 0 Å². The molecule has 1 aliphatic heterocycles. The van der Waals surface area contributed by atoms with Gasteiger partial charge in [-0.25, -0.2) is 19.4 Å². The van der Waals surface area contributed by atoms with E-state index in [9.17, 15) is 9.59 Å². The first-order chi connectivity index (χ1) is 23.8. The third-order valence-corrected chi connectivity index (χ3v) is 10.1. The standard InChI is InChI=1S/C35H42N10O4/c1-42-27-6-4-3-5-22(27)19-28(42)34(46)40-26-12-7-23(20-29(26)49-2)31-30-32(36)38-21-39-33(30)45(41-31)25-10-8-24(9-11-25)44-17-15-43(16-18-44)14-13-37-35(47)48/h3-7,12,19-21,24-25,37H,8-11,13-18H2,1-2H3,(H,40,46)(H,47,48)(H2,36,38,39). The number of piperazine rings is 1. The van der Waals surface area contributed by atoms with Gasteiger partial charge in [-0.15, -0.1) is 0 Å². The number of carbonyl (C=O) groups is 2. The number of aromatic nitrogens is 5. The lowest BCUT2D eigenvalue weighted by molar-refractivity contribution is 0.0712. The van der Waals surface area contributed by atoms with Gasteiger partial charge in [0.2, 0.25) is 0 Å². The van der Waals surface area contributed by atoms with Gasteiger partial charge in [0.05, 0.1) is 24.2 Å². The number of fused-ring (bicyclic) bond motifs is 2. The SMILES string of the molecule is COc1cc(-c2nn(C3CCC(N4CCN(CCNC(=O)O)CC4)CC3)c3ncnc(N)c23)ccc1NC(=O)c1cc2ccccc2n1C. The summed E-state index contributed by atoms with van der Waals surface area (Å²) < 4.78 is 9.65. The number of nitrogens with one attached hydrogen (secondary N) is 2. The fraction of sp³-hybridized carbons (Fsp3) is 0.400. The summed E-state index contributed by atoms with van der Waals surface area (Å²) in [4.78, 5) is 38.0. The van der Waals surface area contributed by atoms with Gasteiger partial charge >= 0.3 is 6.09 Å². The Bertz CT molecular complexity index is 1990. The summed E-state index contributed by atoms with van der Waals surface area (Å²) in [6.07, 6.45) is 4.57. The maximum atomic E-state index is 13.4. The minimum Gasteiger partial charge on any atom is -0.495 e. The smallest absolute Gasteiger partial charge is 0.404 e. The summed E-state index contributed by atoms with van der Waals surface area (Å²) in [5, 5.41) is 21.1. The number of carbonyl (C=O) groups excluding carboxylic acids is 1. The molecule has 1 aliphatic carbocycles. The Labute approximate surface area is 283 Å². The summed E-state index contributed by atoms with van der Waals surface area (Å²) in [7, 11) is 3.46. The highest BCUT2D eigenvalue weighted by Gasteiger charge is 2.31. The molecule has 0 spiro atoms. The van der Waals surface area contributed by atoms with E-state index in [0.717, 1.165) is 74.9 Å². The quantitative estimate of drug-likeness (QED) is 0.179. The molecule has 5 N–H and O–H groups in total. The molecule has 7 rings (SSSR count). The number of hydrogen-bond acceptors (Lipinski definition) is 9. The summed E-state index contributed by atoms with van der Waals surface area (Å²) in [5.74, 6) is 0.632. The second-order valence-electron chi connectivity index (χ2n) is 12.8. The van der Waals surface area contributed by atoms with E-state index in [1.54, 1.807) is 7.11 Å². The number of anilines is 2. The average molecular weight is 667 g/mol. The number of para-hydroxylation sites is 1. The van der Waals surface area contributed by atoms with Crippen LogP contribution in [0.4, 0.5) is 16.3 Å². The minimum atomic E-state index is -0.974. The Morgan fingerprint density at radius 3 is 2.49 bits per heavy atom. The lowest BCUT2D eigenvalue weighted by Crippen LogP contribution is -2.52. The topological polar surface area (TPSA) is 169 Å². The molecule has 0 radical (unpaired) electrons. The number of nitrogens with zero attached hydrogens (tertiary/aromatic N) is 7. The van der Waals surface area contributed by atoms with Gasteiger partial charge in [-0.1, -0.05) is 24.3 Å². The third-order valence-electron chi connectivity index (χ3n) is 10.1. The molecular formula is C35H42N10O4. The number of ether oxygens (including phenoxy) is 1. The van der Waals surface area contributed by atoms with Crippen molar-refractivity contribution in [1.82, 2.24) is 39.4 Å². The molecule has 2 aromatic carbocycles. The van der Waals surface area contributed by atoms with E-state index >= 15 is 0 Å². The zero-order valence-electron chi connectivity index (χ0n) is 27.8. The molecule has 256 valence electrons. The van der Waals surface area contributed by atoms with Crippen LogP contribution in [0.3, 0.4) is 0 Å². The monoisotopic (exact) mass is 666 g/mol. The van der Waals surface area contributed by atoms with Gasteiger partial charge in [-0.2, -0.15) is 5.10 Å². The second-order valence-corrected chi connectivity index (χ2v) is 12.8. The van der Waals surface area contributed by atoms with E-state index in [0.29, 0.717) is 52.3 Å². The van der Waals surface area contributed by atoms with Crippen molar-refractivity contribution in [1.29, 1.82) is 0 Å². The molecule has 0 atom stereocenters. The van der Waals surface area contributed by atoms with Crippen LogP contribution in [0.25, 0.3) is 33.2 Å². The predicted octanol–water partition coefficient (Wildman–Crippen LogP) is 4.20. The molecule has 1 saturated heterocycles. The maximum Gasteiger partial charge on any atom is 0.404 e. The molecule has 3 aromatic heterocycles. The van der Waals surface area contributed by atoms with Crippen LogP contribution in [0.1, 0.15) is 42.2 Å². The number of amides is 2. The molecule has 5 aromatic rings. The van der Waals surface area contributed by atoms with E-state index < -0.39 is 6.09 Å². The number of nitrogens with two attached hydrogens (primary N) is 1. The highest BCUT2D eigenvalue weighted by molar-refractivity contribution is 6.07. The third kappa shape index (κ3) is 6.48. The van der Waals surface area contributed by atoms with Gasteiger partial charge < -0.3 is 30.8 Å². The first-order valence-corrected chi connectivity index (χ1v) is 16.8. The van der Waals surface area contributed by atoms with E-state index in [4.69, 9.17) is 20.7 Å². The van der Waals surface area contributed by atoms with Crippen molar-refractivity contribution in [2.45, 2.75) is 37.8 Å². The van der Waals surface area contributed by atoms with Crippen LogP contribution < -0.4 is 21.1 Å². The van der Waals surface area contributed by atoms with Gasteiger partial charge in [-0.05, 0) is 49.9 Å². The molecule has 1 saturated carbocycles. The van der Waals surface area contributed by atoms with Gasteiger partial charge in [0.15, 0.2) is 5.65 Å². The fourth-order valence-electron chi connectivity index (χ4n) is 7.43. The number of rotatable bonds is 9. The molecule has 0 unspecified atom stereocenters. The Hall–Kier alpha value is -5.21. The first kappa shape index (κ1) is 32.3. The molecule has 2 amide bonds. The van der Waals surface area contributed by atoms with E-state index in [1.807, 2.05) is 64.8 Å². The predicted molar refractivity (Wildman–Crippen MR) is 188 cm³/mol. The van der Waals surface area contributed by atoms with Crippen LogP contribution in [0, 0.1) is 0 Å². The van der Waals surface area contributed by atoms with Crippen LogP contribution in [-0.2, 0) is 7.05 Å². The van der Waals surface area contributed by atoms with Crippen molar-refractivity contribution in [2.75, 3.05) is 57.4 Å². The zero-order valence-corrected chi connectivity index (χ0v) is 27.8. The Kier molecular flexibility index (Phi) is 9.06. The maximum absolute atomic E-state index is 13.4. The molecule has 4 heterocycles. The van der Waals surface area contributed by atoms with Crippen LogP contribution in [0.15, 0.2) is 54.9 Å². The summed E-state index contributed by atoms with van der Waals surface area (Å²) in [6, 6.07) is 16.1. The van der Waals surface area contributed by atoms with Crippen LogP contribution in [-0.4, -0.2) is 104 Å². The molecule has 49 heavy (non-hydrogen) atoms. The van der Waals surface area contributed by atoms with E-state index in [-0.39, 0.29) is 11.9 Å². The lowest BCUT2D eigenvalue weighted by Gasteiger charge is -2.42. The van der Waals surface area contributed by atoms with Gasteiger partial charge in [-0.3, -0.25) is 14.6 Å². The number of benzene rings is 2. The van der Waals surface area contributed by atoms with Crippen molar-refractivity contribution in [3.63, 3.8) is 0 Å². The molecule has 0 bridgehead atoms. The van der Waals surface area contributed by atoms with Crippen molar-refractivity contribution >= 4 is 45.4 Å². The first-order valence-electron chi connectivity index (χ1n) is 16.8. The zero-order chi connectivity index (χ0) is 34.1. The summed E-state index contributed by atoms with van der Waals surface area (Å²) in [6.45, 7) is 5.05. The Balaban J connectivity index is 1.07. The van der Waals surface area contributed by atoms with Crippen molar-refractivity contribution < 1.29 is 19.4 Å². The van der Waals surface area contributed by atoms with E-state index in [2.05, 4.69) is 30.4 Å². The van der Waals surface area contributed by atoms with Crippen molar-refractivity contribution in [2.24, 2.45) is 7.05 Å². The van der Waals surface area contributed by atoms with Gasteiger partial charge in [0, 0.05) is 68.8 Å². The largest absolute Gasteiger partial charge is 0.495 e. The number of aryl methyl sites for hydroxylation is 1. The molecule has 14 nitrogen and oxygen atoms in total. The van der Waals surface area contributed by atoms with Crippen molar-refractivity contribution in [3.8, 4) is 17.0 Å². The van der Waals surface area contributed by atoms with Crippen molar-refractivity contribution in [3.05, 3.63) is 60.6 Å². The lowest BCUT2D eigenvalue weighted by atomic mass is 9.90.